The van der Waals surface area contributed by atoms with Crippen molar-refractivity contribution in [3.05, 3.63) is 23.5 Å². The normalized spacial score (nSPS) is 20.8. The Morgan fingerprint density at radius 3 is 2.60 bits per heavy atom. The molecule has 1 fully saturated rings. The molecule has 0 amide bonds. The van der Waals surface area contributed by atoms with E-state index in [1.807, 2.05) is 13.8 Å². The number of nitrogen functional groups attached to an aromatic ring is 1. The average Bonchev–Trinajstić information content (AvgIpc) is 2.85. The van der Waals surface area contributed by atoms with E-state index in [0.29, 0.717) is 6.54 Å². The highest BCUT2D eigenvalue weighted by atomic mass is 32.2. The van der Waals surface area contributed by atoms with Crippen molar-refractivity contribution in [2.24, 2.45) is 5.92 Å². The van der Waals surface area contributed by atoms with Gasteiger partial charge in [0.2, 0.25) is 10.0 Å². The minimum Gasteiger partial charge on any atom is -0.398 e. The molecule has 1 unspecified atom stereocenters. The summed E-state index contributed by atoms with van der Waals surface area (Å²) in [6.45, 7) is 6.03. The highest BCUT2D eigenvalue weighted by molar-refractivity contribution is 7.89. The summed E-state index contributed by atoms with van der Waals surface area (Å²) in [5.41, 5.74) is 6.14. The molecule has 0 radical (unpaired) electrons. The van der Waals surface area contributed by atoms with E-state index < -0.39 is 15.8 Å². The predicted molar refractivity (Wildman–Crippen MR) is 77.3 cm³/mol. The second-order valence-corrected chi connectivity index (χ2v) is 7.58. The van der Waals surface area contributed by atoms with E-state index in [1.165, 1.54) is 17.3 Å². The summed E-state index contributed by atoms with van der Waals surface area (Å²) >= 11 is 0. The third kappa shape index (κ3) is 2.54. The fraction of sp³-hybridized carbons (Fsp3) is 0.571. The van der Waals surface area contributed by atoms with E-state index >= 15 is 0 Å². The SMILES string of the molecule is Cc1c(N)cc(S(=O)(=O)N2CCCC2C(C)C)cc1F. The zero-order valence-electron chi connectivity index (χ0n) is 12.1. The maximum Gasteiger partial charge on any atom is 0.243 e. The zero-order chi connectivity index (χ0) is 15.1. The van der Waals surface area contributed by atoms with Gasteiger partial charge >= 0.3 is 0 Å². The van der Waals surface area contributed by atoms with Crippen LogP contribution in [0.4, 0.5) is 10.1 Å². The van der Waals surface area contributed by atoms with Crippen molar-refractivity contribution in [2.75, 3.05) is 12.3 Å². The van der Waals surface area contributed by atoms with Crippen LogP contribution in [0.15, 0.2) is 17.0 Å². The van der Waals surface area contributed by atoms with Gasteiger partial charge in [0, 0.05) is 23.8 Å². The molecule has 1 aliphatic rings. The molecule has 1 heterocycles. The van der Waals surface area contributed by atoms with Gasteiger partial charge in [0.15, 0.2) is 0 Å². The summed E-state index contributed by atoms with van der Waals surface area (Å²) in [6, 6.07) is 2.39. The number of nitrogens with two attached hydrogens (primary N) is 1. The highest BCUT2D eigenvalue weighted by Crippen LogP contribution is 2.31. The molecule has 0 bridgehead atoms. The van der Waals surface area contributed by atoms with Crippen LogP contribution in [0.5, 0.6) is 0 Å². The Bertz CT molecular complexity index is 591. The van der Waals surface area contributed by atoms with Crippen molar-refractivity contribution >= 4 is 15.7 Å². The smallest absolute Gasteiger partial charge is 0.243 e. The number of hydrogen-bond donors (Lipinski definition) is 1. The van der Waals surface area contributed by atoms with Crippen LogP contribution in [0, 0.1) is 18.7 Å². The lowest BCUT2D eigenvalue weighted by molar-refractivity contribution is 0.315. The molecule has 112 valence electrons. The Labute approximate surface area is 119 Å². The van der Waals surface area contributed by atoms with Gasteiger partial charge in [0.05, 0.1) is 4.90 Å². The third-order valence-corrected chi connectivity index (χ3v) is 5.88. The minimum atomic E-state index is -3.68. The maximum atomic E-state index is 13.8. The number of benzene rings is 1. The summed E-state index contributed by atoms with van der Waals surface area (Å²) in [5, 5.41) is 0. The molecule has 1 saturated heterocycles. The lowest BCUT2D eigenvalue weighted by atomic mass is 10.0. The number of sulfonamides is 1. The first-order chi connectivity index (χ1) is 9.25. The molecule has 2 rings (SSSR count). The number of nitrogens with zero attached hydrogens (tertiary/aromatic N) is 1. The van der Waals surface area contributed by atoms with Gasteiger partial charge in [-0.3, -0.25) is 0 Å². The molecule has 0 aliphatic carbocycles. The number of halogens is 1. The van der Waals surface area contributed by atoms with Gasteiger partial charge in [-0.25, -0.2) is 12.8 Å². The van der Waals surface area contributed by atoms with Gasteiger partial charge in [0.1, 0.15) is 5.82 Å². The van der Waals surface area contributed by atoms with Gasteiger partial charge in [0.25, 0.3) is 0 Å². The van der Waals surface area contributed by atoms with Crippen LogP contribution in [0.25, 0.3) is 0 Å². The molecule has 6 heteroatoms. The van der Waals surface area contributed by atoms with Crippen molar-refractivity contribution in [1.82, 2.24) is 4.31 Å². The molecule has 1 aromatic rings. The molecule has 0 saturated carbocycles. The Balaban J connectivity index is 2.45. The predicted octanol–water partition coefficient (Wildman–Crippen LogP) is 2.53. The van der Waals surface area contributed by atoms with Crippen molar-refractivity contribution in [2.45, 2.75) is 44.6 Å². The number of rotatable bonds is 3. The third-order valence-electron chi connectivity index (χ3n) is 3.98. The second kappa shape index (κ2) is 5.33. The van der Waals surface area contributed by atoms with E-state index in [4.69, 9.17) is 5.73 Å². The second-order valence-electron chi connectivity index (χ2n) is 5.69. The quantitative estimate of drug-likeness (QED) is 0.872. The molecular weight excluding hydrogens is 279 g/mol. The molecule has 2 N–H and O–H groups in total. The van der Waals surface area contributed by atoms with Crippen molar-refractivity contribution in [1.29, 1.82) is 0 Å². The molecule has 1 atom stereocenters. The Morgan fingerprint density at radius 2 is 2.05 bits per heavy atom. The Morgan fingerprint density at radius 1 is 1.40 bits per heavy atom. The van der Waals surface area contributed by atoms with Crippen LogP contribution in [0.1, 0.15) is 32.3 Å². The first-order valence-corrected chi connectivity index (χ1v) is 8.26. The van der Waals surface area contributed by atoms with E-state index in [1.54, 1.807) is 0 Å². The van der Waals surface area contributed by atoms with Crippen LogP contribution in [0.2, 0.25) is 0 Å². The standard InChI is InChI=1S/C14H21FN2O2S/c1-9(2)14-5-4-6-17(14)20(18,19)11-7-12(15)10(3)13(16)8-11/h7-9,14H,4-6,16H2,1-3H3. The lowest BCUT2D eigenvalue weighted by Gasteiger charge is -2.27. The van der Waals surface area contributed by atoms with E-state index in [-0.39, 0.29) is 28.1 Å². The maximum absolute atomic E-state index is 13.8. The fourth-order valence-electron chi connectivity index (χ4n) is 2.69. The molecule has 0 spiro atoms. The highest BCUT2D eigenvalue weighted by Gasteiger charge is 2.37. The molecule has 4 nitrogen and oxygen atoms in total. The van der Waals surface area contributed by atoms with Crippen LogP contribution in [-0.4, -0.2) is 25.3 Å². The van der Waals surface area contributed by atoms with Crippen molar-refractivity contribution in [3.8, 4) is 0 Å². The van der Waals surface area contributed by atoms with Crippen LogP contribution in [-0.2, 0) is 10.0 Å². The van der Waals surface area contributed by atoms with Gasteiger partial charge in [-0.05, 0) is 37.8 Å². The van der Waals surface area contributed by atoms with Gasteiger partial charge in [-0.15, -0.1) is 0 Å². The molecule has 0 aromatic heterocycles. The Kier molecular flexibility index (Phi) is 4.07. The number of anilines is 1. The molecule has 1 aliphatic heterocycles. The topological polar surface area (TPSA) is 63.4 Å². The number of hydrogen-bond acceptors (Lipinski definition) is 3. The summed E-state index contributed by atoms with van der Waals surface area (Å²) in [4.78, 5) is -0.0503. The van der Waals surface area contributed by atoms with Crippen molar-refractivity contribution < 1.29 is 12.8 Å². The Hall–Kier alpha value is -1.14. The van der Waals surface area contributed by atoms with E-state index in [0.717, 1.165) is 18.9 Å². The monoisotopic (exact) mass is 300 g/mol. The summed E-state index contributed by atoms with van der Waals surface area (Å²) < 4.78 is 40.6. The van der Waals surface area contributed by atoms with Crippen LogP contribution >= 0.6 is 0 Å². The lowest BCUT2D eigenvalue weighted by Crippen LogP contribution is -2.38. The van der Waals surface area contributed by atoms with Crippen LogP contribution in [0.3, 0.4) is 0 Å². The largest absolute Gasteiger partial charge is 0.398 e. The summed E-state index contributed by atoms with van der Waals surface area (Å²) in [7, 11) is -3.68. The van der Waals surface area contributed by atoms with E-state index in [2.05, 4.69) is 0 Å². The molecular formula is C14H21FN2O2S. The summed E-state index contributed by atoms with van der Waals surface area (Å²) in [5.74, 6) is -0.344. The van der Waals surface area contributed by atoms with Gasteiger partial charge < -0.3 is 5.73 Å². The average molecular weight is 300 g/mol. The first-order valence-electron chi connectivity index (χ1n) is 6.82. The zero-order valence-corrected chi connectivity index (χ0v) is 12.9. The van der Waals surface area contributed by atoms with Gasteiger partial charge in [-0.1, -0.05) is 13.8 Å². The van der Waals surface area contributed by atoms with Gasteiger partial charge in [-0.2, -0.15) is 4.31 Å². The molecule has 1 aromatic carbocycles. The van der Waals surface area contributed by atoms with Crippen LogP contribution < -0.4 is 5.73 Å². The fourth-order valence-corrected chi connectivity index (χ4v) is 4.56. The first kappa shape index (κ1) is 15.3. The molecule has 20 heavy (non-hydrogen) atoms. The van der Waals surface area contributed by atoms with E-state index in [9.17, 15) is 12.8 Å². The minimum absolute atomic E-state index is 0.0226. The summed E-state index contributed by atoms with van der Waals surface area (Å²) in [6.07, 6.45) is 1.69. The van der Waals surface area contributed by atoms with Crippen molar-refractivity contribution in [3.63, 3.8) is 0 Å².